The van der Waals surface area contributed by atoms with E-state index in [9.17, 15) is 14.0 Å². The van der Waals surface area contributed by atoms with Crippen LogP contribution in [-0.2, 0) is 20.7 Å². The summed E-state index contributed by atoms with van der Waals surface area (Å²) in [6.07, 6.45) is 0.394. The summed E-state index contributed by atoms with van der Waals surface area (Å²) < 4.78 is 17.5. The van der Waals surface area contributed by atoms with Crippen LogP contribution in [0.3, 0.4) is 0 Å². The molecule has 0 unspecified atom stereocenters. The van der Waals surface area contributed by atoms with Crippen molar-refractivity contribution in [2.45, 2.75) is 13.3 Å². The standard InChI is InChI=1S/C14H19FN2O3/c1-2-20-13(18)9-17-8-11(14(16)19)7-10-3-5-12(15)6-4-10/h3-6,11,17H,2,7-9H2,1H3,(H2,16,19)/t11-/m1/s1. The Morgan fingerprint density at radius 1 is 1.35 bits per heavy atom. The normalized spacial score (nSPS) is 11.9. The number of nitrogens with one attached hydrogen (secondary N) is 1. The molecule has 0 spiro atoms. The largest absolute Gasteiger partial charge is 0.465 e. The third kappa shape index (κ3) is 5.79. The molecule has 20 heavy (non-hydrogen) atoms. The van der Waals surface area contributed by atoms with Crippen molar-refractivity contribution in [2.75, 3.05) is 19.7 Å². The second-order valence-electron chi connectivity index (χ2n) is 4.37. The van der Waals surface area contributed by atoms with Gasteiger partial charge in [0.15, 0.2) is 0 Å². The molecule has 1 amide bonds. The van der Waals surface area contributed by atoms with E-state index in [1.807, 2.05) is 0 Å². The highest BCUT2D eigenvalue weighted by atomic mass is 19.1. The van der Waals surface area contributed by atoms with Gasteiger partial charge in [0, 0.05) is 6.54 Å². The SMILES string of the molecule is CCOC(=O)CNC[C@@H](Cc1ccc(F)cc1)C(N)=O. The number of carbonyl (C=O) groups excluding carboxylic acids is 2. The van der Waals surface area contributed by atoms with E-state index in [0.717, 1.165) is 5.56 Å². The predicted octanol–water partition coefficient (Wildman–Crippen LogP) is 0.622. The Balaban J connectivity index is 2.46. The van der Waals surface area contributed by atoms with Gasteiger partial charge in [-0.3, -0.25) is 9.59 Å². The summed E-state index contributed by atoms with van der Waals surface area (Å²) in [6, 6.07) is 5.88. The predicted molar refractivity (Wildman–Crippen MR) is 72.3 cm³/mol. The number of hydrogen-bond donors (Lipinski definition) is 2. The summed E-state index contributed by atoms with van der Waals surface area (Å²) in [6.45, 7) is 2.33. The van der Waals surface area contributed by atoms with E-state index in [1.54, 1.807) is 19.1 Å². The van der Waals surface area contributed by atoms with Crippen molar-refractivity contribution in [3.8, 4) is 0 Å². The first-order valence-electron chi connectivity index (χ1n) is 6.43. The molecule has 0 heterocycles. The second kappa shape index (κ2) is 8.27. The van der Waals surface area contributed by atoms with Crippen LogP contribution >= 0.6 is 0 Å². The molecule has 6 heteroatoms. The number of benzene rings is 1. The highest BCUT2D eigenvalue weighted by Gasteiger charge is 2.16. The molecule has 0 saturated carbocycles. The van der Waals surface area contributed by atoms with Crippen molar-refractivity contribution >= 4 is 11.9 Å². The van der Waals surface area contributed by atoms with E-state index < -0.39 is 11.8 Å². The Labute approximate surface area is 117 Å². The molecule has 1 aromatic rings. The molecule has 0 bridgehead atoms. The van der Waals surface area contributed by atoms with Crippen molar-refractivity contribution in [2.24, 2.45) is 11.7 Å². The maximum atomic E-state index is 12.8. The van der Waals surface area contributed by atoms with Crippen molar-refractivity contribution in [3.05, 3.63) is 35.6 Å². The third-order valence-electron chi connectivity index (χ3n) is 2.76. The molecule has 0 aliphatic carbocycles. The number of hydrogen-bond acceptors (Lipinski definition) is 4. The number of amides is 1. The molecule has 0 aliphatic heterocycles. The average Bonchev–Trinajstić information content (AvgIpc) is 2.40. The molecular formula is C14H19FN2O3. The lowest BCUT2D eigenvalue weighted by Gasteiger charge is -2.14. The summed E-state index contributed by atoms with van der Waals surface area (Å²) in [5.41, 5.74) is 6.13. The van der Waals surface area contributed by atoms with Crippen LogP contribution in [0.15, 0.2) is 24.3 Å². The Kier molecular flexibility index (Phi) is 6.66. The number of esters is 1. The van der Waals surface area contributed by atoms with Crippen molar-refractivity contribution in [1.82, 2.24) is 5.32 Å². The highest BCUT2D eigenvalue weighted by molar-refractivity contribution is 5.77. The van der Waals surface area contributed by atoms with Gasteiger partial charge in [0.2, 0.25) is 5.91 Å². The Hall–Kier alpha value is -1.95. The van der Waals surface area contributed by atoms with Crippen LogP contribution in [-0.4, -0.2) is 31.6 Å². The molecule has 1 atom stereocenters. The Morgan fingerprint density at radius 2 is 2.00 bits per heavy atom. The zero-order chi connectivity index (χ0) is 15.0. The van der Waals surface area contributed by atoms with E-state index in [-0.39, 0.29) is 24.9 Å². The lowest BCUT2D eigenvalue weighted by Crippen LogP contribution is -2.37. The number of ether oxygens (including phenoxy) is 1. The molecule has 5 nitrogen and oxygen atoms in total. The van der Waals surface area contributed by atoms with Gasteiger partial charge in [0.25, 0.3) is 0 Å². The van der Waals surface area contributed by atoms with Crippen LogP contribution in [0.1, 0.15) is 12.5 Å². The summed E-state index contributed by atoms with van der Waals surface area (Å²) in [4.78, 5) is 22.5. The fraction of sp³-hybridized carbons (Fsp3) is 0.429. The second-order valence-corrected chi connectivity index (χ2v) is 4.37. The number of nitrogens with two attached hydrogens (primary N) is 1. The molecule has 0 radical (unpaired) electrons. The minimum atomic E-state index is -0.467. The van der Waals surface area contributed by atoms with Gasteiger partial charge in [-0.15, -0.1) is 0 Å². The first-order valence-corrected chi connectivity index (χ1v) is 6.43. The number of halogens is 1. The quantitative estimate of drug-likeness (QED) is 0.685. The molecule has 1 rings (SSSR count). The maximum absolute atomic E-state index is 12.8. The zero-order valence-electron chi connectivity index (χ0n) is 11.4. The smallest absolute Gasteiger partial charge is 0.319 e. The van der Waals surface area contributed by atoms with Gasteiger partial charge in [0.05, 0.1) is 19.1 Å². The Morgan fingerprint density at radius 3 is 2.55 bits per heavy atom. The minimum absolute atomic E-state index is 0.0288. The van der Waals surface area contributed by atoms with Crippen molar-refractivity contribution in [3.63, 3.8) is 0 Å². The Bertz CT molecular complexity index is 448. The van der Waals surface area contributed by atoms with Crippen LogP contribution in [0.5, 0.6) is 0 Å². The molecule has 0 aromatic heterocycles. The van der Waals surface area contributed by atoms with Gasteiger partial charge in [-0.25, -0.2) is 4.39 Å². The number of carbonyl (C=O) groups is 2. The van der Waals surface area contributed by atoms with Crippen LogP contribution in [0.4, 0.5) is 4.39 Å². The summed E-state index contributed by atoms with van der Waals surface area (Å²) >= 11 is 0. The molecule has 3 N–H and O–H groups in total. The topological polar surface area (TPSA) is 81.4 Å². The zero-order valence-corrected chi connectivity index (χ0v) is 11.4. The maximum Gasteiger partial charge on any atom is 0.319 e. The van der Waals surface area contributed by atoms with Gasteiger partial charge >= 0.3 is 5.97 Å². The van der Waals surface area contributed by atoms with Crippen molar-refractivity contribution in [1.29, 1.82) is 0 Å². The minimum Gasteiger partial charge on any atom is -0.465 e. The third-order valence-corrected chi connectivity index (χ3v) is 2.76. The molecule has 0 fully saturated rings. The van der Waals surface area contributed by atoms with E-state index in [4.69, 9.17) is 10.5 Å². The van der Waals surface area contributed by atoms with Crippen LogP contribution in [0.25, 0.3) is 0 Å². The first-order chi connectivity index (χ1) is 9.52. The van der Waals surface area contributed by atoms with Crippen molar-refractivity contribution < 1.29 is 18.7 Å². The fourth-order valence-electron chi connectivity index (χ4n) is 1.74. The molecule has 110 valence electrons. The highest BCUT2D eigenvalue weighted by Crippen LogP contribution is 2.09. The molecule has 0 saturated heterocycles. The number of rotatable bonds is 8. The molecule has 0 aliphatic rings. The summed E-state index contributed by atoms with van der Waals surface area (Å²) in [7, 11) is 0. The summed E-state index contributed by atoms with van der Waals surface area (Å²) in [5.74, 6) is -1.64. The van der Waals surface area contributed by atoms with Gasteiger partial charge < -0.3 is 15.8 Å². The van der Waals surface area contributed by atoms with Gasteiger partial charge in [0.1, 0.15) is 5.82 Å². The lowest BCUT2D eigenvalue weighted by atomic mass is 9.98. The van der Waals surface area contributed by atoms with Crippen LogP contribution in [0, 0.1) is 11.7 Å². The van der Waals surface area contributed by atoms with E-state index in [2.05, 4.69) is 5.32 Å². The average molecular weight is 282 g/mol. The fourth-order valence-corrected chi connectivity index (χ4v) is 1.74. The molecule has 1 aromatic carbocycles. The molecular weight excluding hydrogens is 263 g/mol. The van der Waals surface area contributed by atoms with Crippen LogP contribution < -0.4 is 11.1 Å². The summed E-state index contributed by atoms with van der Waals surface area (Å²) in [5, 5.41) is 2.83. The van der Waals surface area contributed by atoms with E-state index >= 15 is 0 Å². The number of primary amides is 1. The van der Waals surface area contributed by atoms with Gasteiger partial charge in [-0.2, -0.15) is 0 Å². The van der Waals surface area contributed by atoms with Gasteiger partial charge in [-0.1, -0.05) is 12.1 Å². The first kappa shape index (κ1) is 16.1. The van der Waals surface area contributed by atoms with E-state index in [0.29, 0.717) is 13.0 Å². The van der Waals surface area contributed by atoms with Crippen LogP contribution in [0.2, 0.25) is 0 Å². The van der Waals surface area contributed by atoms with E-state index in [1.165, 1.54) is 12.1 Å². The lowest BCUT2D eigenvalue weighted by molar-refractivity contribution is -0.142. The monoisotopic (exact) mass is 282 g/mol. The van der Waals surface area contributed by atoms with Gasteiger partial charge in [-0.05, 0) is 31.0 Å².